The van der Waals surface area contributed by atoms with E-state index >= 15 is 0 Å². The highest BCUT2D eigenvalue weighted by Crippen LogP contribution is 2.21. The van der Waals surface area contributed by atoms with Gasteiger partial charge >= 0.3 is 0 Å². The van der Waals surface area contributed by atoms with Crippen LogP contribution in [0.25, 0.3) is 5.82 Å². The molecule has 8 heteroatoms. The molecule has 0 amide bonds. The van der Waals surface area contributed by atoms with E-state index in [1.165, 1.54) is 0 Å². The number of thiophene rings is 1. The Kier molecular flexibility index (Phi) is 6.20. The smallest absolute Gasteiger partial charge is 0.191 e. The number of guanidine groups is 1. The van der Waals surface area contributed by atoms with E-state index in [0.29, 0.717) is 19.0 Å². The van der Waals surface area contributed by atoms with Gasteiger partial charge in [-0.1, -0.05) is 6.07 Å². The summed E-state index contributed by atoms with van der Waals surface area (Å²) in [4.78, 5) is 13.0. The Bertz CT molecular complexity index is 841. The van der Waals surface area contributed by atoms with Crippen molar-refractivity contribution in [1.29, 1.82) is 0 Å². The molecule has 27 heavy (non-hydrogen) atoms. The summed E-state index contributed by atoms with van der Waals surface area (Å²) >= 11 is 1.57. The molecule has 3 aromatic rings. The molecule has 0 spiro atoms. The number of nitrogens with one attached hydrogen (secondary N) is 2. The fourth-order valence-corrected chi connectivity index (χ4v) is 3.28. The van der Waals surface area contributed by atoms with Gasteiger partial charge in [0, 0.05) is 25.1 Å². The van der Waals surface area contributed by atoms with Crippen molar-refractivity contribution in [3.63, 3.8) is 0 Å². The van der Waals surface area contributed by atoms with Crippen molar-refractivity contribution in [2.24, 2.45) is 4.99 Å². The summed E-state index contributed by atoms with van der Waals surface area (Å²) in [7, 11) is 0. The van der Waals surface area contributed by atoms with E-state index in [2.05, 4.69) is 25.6 Å². The second-order valence-electron chi connectivity index (χ2n) is 6.33. The number of hydrogen-bond donors (Lipinski definition) is 3. The number of pyridine rings is 1. The molecule has 0 radical (unpaired) electrons. The maximum atomic E-state index is 10.6. The van der Waals surface area contributed by atoms with Gasteiger partial charge in [0.05, 0.1) is 13.1 Å². The van der Waals surface area contributed by atoms with Crippen LogP contribution >= 0.6 is 11.3 Å². The summed E-state index contributed by atoms with van der Waals surface area (Å²) in [6.45, 7) is 5.41. The summed E-state index contributed by atoms with van der Waals surface area (Å²) in [6, 6.07) is 5.87. The second kappa shape index (κ2) is 8.79. The molecular weight excluding hydrogens is 360 g/mol. The maximum Gasteiger partial charge on any atom is 0.191 e. The highest BCUT2D eigenvalue weighted by molar-refractivity contribution is 7.08. The largest absolute Gasteiger partial charge is 0.384 e. The van der Waals surface area contributed by atoms with Gasteiger partial charge < -0.3 is 15.7 Å². The van der Waals surface area contributed by atoms with Gasteiger partial charge in [-0.15, -0.1) is 0 Å². The van der Waals surface area contributed by atoms with Crippen LogP contribution in [-0.2, 0) is 12.1 Å². The van der Waals surface area contributed by atoms with E-state index < -0.39 is 5.60 Å². The second-order valence-corrected chi connectivity index (χ2v) is 7.11. The molecule has 3 heterocycles. The summed E-state index contributed by atoms with van der Waals surface area (Å²) < 4.78 is 1.85. The Labute approximate surface area is 162 Å². The number of rotatable bonds is 7. The first-order valence-corrected chi connectivity index (χ1v) is 9.73. The fourth-order valence-electron chi connectivity index (χ4n) is 2.50. The molecule has 1 atom stereocenters. The molecule has 7 nitrogen and oxygen atoms in total. The molecule has 3 aromatic heterocycles. The van der Waals surface area contributed by atoms with Crippen LogP contribution in [0.15, 0.2) is 58.9 Å². The quantitative estimate of drug-likeness (QED) is 0.430. The predicted molar refractivity (Wildman–Crippen MR) is 108 cm³/mol. The number of nitrogens with zero attached hydrogens (tertiary/aromatic N) is 4. The van der Waals surface area contributed by atoms with Crippen LogP contribution in [0.4, 0.5) is 0 Å². The van der Waals surface area contributed by atoms with Gasteiger partial charge in [0.2, 0.25) is 0 Å². The predicted octanol–water partition coefficient (Wildman–Crippen LogP) is 2.29. The number of aromatic nitrogens is 3. The van der Waals surface area contributed by atoms with Crippen LogP contribution in [0.3, 0.4) is 0 Å². The number of aliphatic hydroxyl groups is 1. The third kappa shape index (κ3) is 5.15. The molecule has 0 aliphatic heterocycles. The minimum absolute atomic E-state index is 0.368. The van der Waals surface area contributed by atoms with Crippen molar-refractivity contribution in [3.8, 4) is 5.82 Å². The molecule has 0 bridgehead atoms. The minimum atomic E-state index is -0.954. The maximum absolute atomic E-state index is 10.6. The van der Waals surface area contributed by atoms with Gasteiger partial charge in [0.1, 0.15) is 17.7 Å². The van der Waals surface area contributed by atoms with Gasteiger partial charge in [0.15, 0.2) is 5.96 Å². The van der Waals surface area contributed by atoms with Gasteiger partial charge in [-0.2, -0.15) is 11.3 Å². The van der Waals surface area contributed by atoms with E-state index in [1.54, 1.807) is 30.8 Å². The highest BCUT2D eigenvalue weighted by atomic mass is 32.1. The topological polar surface area (TPSA) is 87.4 Å². The molecular formula is C19H24N6OS. The molecule has 0 aliphatic rings. The highest BCUT2D eigenvalue weighted by Gasteiger charge is 2.23. The molecule has 0 aliphatic carbocycles. The van der Waals surface area contributed by atoms with Crippen LogP contribution in [0.2, 0.25) is 0 Å². The van der Waals surface area contributed by atoms with Crippen molar-refractivity contribution in [1.82, 2.24) is 25.2 Å². The normalized spacial score (nSPS) is 14.0. The van der Waals surface area contributed by atoms with E-state index in [1.807, 2.05) is 52.8 Å². The van der Waals surface area contributed by atoms with Crippen molar-refractivity contribution in [2.45, 2.75) is 26.0 Å². The first-order chi connectivity index (χ1) is 13.1. The lowest BCUT2D eigenvalue weighted by Crippen LogP contribution is -2.44. The van der Waals surface area contributed by atoms with Crippen LogP contribution < -0.4 is 10.6 Å². The average molecular weight is 385 g/mol. The monoisotopic (exact) mass is 384 g/mol. The molecule has 0 saturated carbocycles. The number of hydrogen-bond acceptors (Lipinski definition) is 5. The van der Waals surface area contributed by atoms with Crippen molar-refractivity contribution >= 4 is 17.3 Å². The summed E-state index contributed by atoms with van der Waals surface area (Å²) in [5.41, 5.74) is 0.945. The molecule has 3 N–H and O–H groups in total. The molecule has 142 valence electrons. The Morgan fingerprint density at radius 1 is 1.33 bits per heavy atom. The number of aliphatic imine (C=N–C) groups is 1. The zero-order valence-corrected chi connectivity index (χ0v) is 16.3. The lowest BCUT2D eigenvalue weighted by atomic mass is 9.99. The Morgan fingerprint density at radius 2 is 2.22 bits per heavy atom. The van der Waals surface area contributed by atoms with Crippen molar-refractivity contribution < 1.29 is 5.11 Å². The molecule has 0 fully saturated rings. The average Bonchev–Trinajstić information content (AvgIpc) is 3.39. The third-order valence-electron chi connectivity index (χ3n) is 4.09. The minimum Gasteiger partial charge on any atom is -0.384 e. The summed E-state index contributed by atoms with van der Waals surface area (Å²) in [5, 5.41) is 21.0. The lowest BCUT2D eigenvalue weighted by molar-refractivity contribution is 0.0621. The van der Waals surface area contributed by atoms with E-state index in [9.17, 15) is 5.11 Å². The molecule has 3 rings (SSSR count). The number of imidazole rings is 1. The Balaban J connectivity index is 1.61. The van der Waals surface area contributed by atoms with E-state index in [0.717, 1.165) is 23.5 Å². The van der Waals surface area contributed by atoms with Gasteiger partial charge in [-0.25, -0.2) is 15.0 Å². The Morgan fingerprint density at radius 3 is 2.85 bits per heavy atom. The standard InChI is InChI=1S/C19H24N6OS/c1-3-21-18(24-13-19(2,26)16-6-9-27-12-16)23-11-15-4-5-17(22-10-15)25-8-7-20-14-25/h4-10,12,14,26H,3,11,13H2,1-2H3,(H2,21,23,24). The first-order valence-electron chi connectivity index (χ1n) is 8.79. The van der Waals surface area contributed by atoms with E-state index in [-0.39, 0.29) is 0 Å². The third-order valence-corrected chi connectivity index (χ3v) is 4.77. The van der Waals surface area contributed by atoms with Crippen molar-refractivity contribution in [2.75, 3.05) is 13.1 Å². The summed E-state index contributed by atoms with van der Waals surface area (Å²) in [5.74, 6) is 1.48. The van der Waals surface area contributed by atoms with Gasteiger partial charge in [0.25, 0.3) is 0 Å². The van der Waals surface area contributed by atoms with E-state index in [4.69, 9.17) is 0 Å². The van der Waals surface area contributed by atoms with Gasteiger partial charge in [-0.3, -0.25) is 4.57 Å². The SMILES string of the molecule is CCNC(=NCc1ccc(-n2ccnc2)nc1)NCC(C)(O)c1ccsc1. The Hall–Kier alpha value is -2.71. The van der Waals surface area contributed by atoms with Gasteiger partial charge in [-0.05, 0) is 47.9 Å². The first kappa shape index (κ1) is 19.1. The van der Waals surface area contributed by atoms with Crippen molar-refractivity contribution in [3.05, 3.63) is 65.0 Å². The van der Waals surface area contributed by atoms with Crippen LogP contribution in [-0.4, -0.2) is 38.7 Å². The fraction of sp³-hybridized carbons (Fsp3) is 0.316. The molecule has 1 unspecified atom stereocenters. The summed E-state index contributed by atoms with van der Waals surface area (Å²) in [6.07, 6.45) is 7.10. The lowest BCUT2D eigenvalue weighted by Gasteiger charge is -2.24. The zero-order valence-electron chi connectivity index (χ0n) is 15.5. The molecule has 0 aromatic carbocycles. The molecule has 0 saturated heterocycles. The van der Waals surface area contributed by atoms with Crippen LogP contribution in [0.1, 0.15) is 25.0 Å². The van der Waals surface area contributed by atoms with Crippen LogP contribution in [0.5, 0.6) is 0 Å². The van der Waals surface area contributed by atoms with Crippen LogP contribution in [0, 0.1) is 0 Å². The zero-order chi connectivity index (χ0) is 19.1.